The van der Waals surface area contributed by atoms with Gasteiger partial charge in [0.05, 0.1) is 19.8 Å². The highest BCUT2D eigenvalue weighted by molar-refractivity contribution is 5.94. The number of nitrogens with one attached hydrogen (secondary N) is 4. The van der Waals surface area contributed by atoms with Crippen LogP contribution in [0, 0.1) is 11.3 Å². The number of nitrogens with zero attached hydrogens (tertiary/aromatic N) is 1. The number of anilines is 2. The van der Waals surface area contributed by atoms with Crippen molar-refractivity contribution >= 4 is 29.1 Å². The molecule has 1 aliphatic rings. The first-order valence-corrected chi connectivity index (χ1v) is 10.0. The maximum absolute atomic E-state index is 12.1. The van der Waals surface area contributed by atoms with Gasteiger partial charge in [-0.3, -0.25) is 15.0 Å². The average molecular weight is 405 g/mol. The summed E-state index contributed by atoms with van der Waals surface area (Å²) < 4.78 is 5.35. The minimum Gasteiger partial charge on any atom is -0.378 e. The number of hydrogen-bond acceptors (Lipinski definition) is 5. The minimum absolute atomic E-state index is 0.0439. The minimum atomic E-state index is -0.254. The van der Waals surface area contributed by atoms with Gasteiger partial charge in [-0.25, -0.2) is 0 Å². The molecule has 160 valence electrons. The standard InChI is InChI=1S/C20H32N6O3/c1-15(4-2-3-9-23-20(21)22)19(28)24-14-18(27)25-16-5-7-17(8-6-16)26-10-12-29-13-11-26/h5-8,15H,2-4,9-14H2,1H3,(H,24,28)(H,25,27)(H4,21,22,23)/t15-/m0/s1. The molecule has 2 rings (SSSR count). The zero-order chi connectivity index (χ0) is 21.1. The van der Waals surface area contributed by atoms with Gasteiger partial charge >= 0.3 is 0 Å². The summed E-state index contributed by atoms with van der Waals surface area (Å²) in [5, 5.41) is 15.3. The van der Waals surface area contributed by atoms with Crippen LogP contribution in [0.5, 0.6) is 0 Å². The molecule has 0 aromatic heterocycles. The molecular formula is C20H32N6O3. The molecule has 1 heterocycles. The molecule has 9 heteroatoms. The maximum atomic E-state index is 12.1. The van der Waals surface area contributed by atoms with E-state index >= 15 is 0 Å². The largest absolute Gasteiger partial charge is 0.378 e. The topological polar surface area (TPSA) is 133 Å². The van der Waals surface area contributed by atoms with E-state index in [0.29, 0.717) is 12.2 Å². The number of guanidine groups is 1. The Morgan fingerprint density at radius 2 is 1.86 bits per heavy atom. The second-order valence-electron chi connectivity index (χ2n) is 7.15. The second-order valence-corrected chi connectivity index (χ2v) is 7.15. The van der Waals surface area contributed by atoms with E-state index in [9.17, 15) is 9.59 Å². The number of nitrogens with two attached hydrogens (primary N) is 1. The fourth-order valence-corrected chi connectivity index (χ4v) is 3.05. The lowest BCUT2D eigenvalue weighted by Crippen LogP contribution is -2.36. The van der Waals surface area contributed by atoms with Gasteiger partial charge in [-0.05, 0) is 37.1 Å². The third-order valence-corrected chi connectivity index (χ3v) is 4.78. The van der Waals surface area contributed by atoms with Crippen molar-refractivity contribution in [3.63, 3.8) is 0 Å². The van der Waals surface area contributed by atoms with Gasteiger partial charge < -0.3 is 31.3 Å². The van der Waals surface area contributed by atoms with Crippen LogP contribution >= 0.6 is 0 Å². The van der Waals surface area contributed by atoms with Crippen molar-refractivity contribution in [1.82, 2.24) is 10.6 Å². The lowest BCUT2D eigenvalue weighted by molar-refractivity contribution is -0.127. The van der Waals surface area contributed by atoms with Crippen molar-refractivity contribution in [2.75, 3.05) is 49.6 Å². The molecule has 1 aliphatic heterocycles. The Labute approximate surface area is 171 Å². The van der Waals surface area contributed by atoms with E-state index in [1.807, 2.05) is 31.2 Å². The molecule has 6 N–H and O–H groups in total. The molecule has 1 aromatic rings. The number of morpholine rings is 1. The van der Waals surface area contributed by atoms with E-state index in [2.05, 4.69) is 20.9 Å². The molecule has 1 fully saturated rings. The summed E-state index contributed by atoms with van der Waals surface area (Å²) in [6, 6.07) is 7.68. The predicted molar refractivity (Wildman–Crippen MR) is 114 cm³/mol. The summed E-state index contributed by atoms with van der Waals surface area (Å²) in [6.45, 7) is 5.59. The SMILES string of the molecule is C[C@@H](CCCCNC(=N)N)C(=O)NCC(=O)Nc1ccc(N2CCOCC2)cc1. The average Bonchev–Trinajstić information content (AvgIpc) is 2.72. The molecule has 0 saturated carbocycles. The number of benzene rings is 1. The van der Waals surface area contributed by atoms with Crippen molar-refractivity contribution in [2.45, 2.75) is 26.2 Å². The quantitative estimate of drug-likeness (QED) is 0.223. The highest BCUT2D eigenvalue weighted by Gasteiger charge is 2.14. The summed E-state index contributed by atoms with van der Waals surface area (Å²) in [4.78, 5) is 26.5. The van der Waals surface area contributed by atoms with Crippen LogP contribution in [0.15, 0.2) is 24.3 Å². The Morgan fingerprint density at radius 1 is 1.17 bits per heavy atom. The number of carbonyl (C=O) groups is 2. The van der Waals surface area contributed by atoms with Crippen molar-refractivity contribution in [3.8, 4) is 0 Å². The number of rotatable bonds is 10. The Hall–Kier alpha value is -2.81. The molecule has 1 aromatic carbocycles. The smallest absolute Gasteiger partial charge is 0.243 e. The first-order chi connectivity index (χ1) is 14.0. The maximum Gasteiger partial charge on any atom is 0.243 e. The Kier molecular flexibility index (Phi) is 9.23. The Morgan fingerprint density at radius 3 is 2.52 bits per heavy atom. The van der Waals surface area contributed by atoms with E-state index in [4.69, 9.17) is 15.9 Å². The summed E-state index contributed by atoms with van der Waals surface area (Å²) >= 11 is 0. The van der Waals surface area contributed by atoms with E-state index in [1.54, 1.807) is 0 Å². The third kappa shape index (κ3) is 8.39. The van der Waals surface area contributed by atoms with E-state index in [0.717, 1.165) is 51.3 Å². The summed E-state index contributed by atoms with van der Waals surface area (Å²) in [5.74, 6) is -0.608. The molecule has 0 unspecified atom stereocenters. The Balaban J connectivity index is 1.65. The lowest BCUT2D eigenvalue weighted by atomic mass is 10.0. The van der Waals surface area contributed by atoms with Crippen LogP contribution in [0.4, 0.5) is 11.4 Å². The normalized spacial score (nSPS) is 14.7. The molecule has 0 spiro atoms. The van der Waals surface area contributed by atoms with E-state index < -0.39 is 0 Å². The van der Waals surface area contributed by atoms with Crippen LogP contribution in [0.3, 0.4) is 0 Å². The Bertz CT molecular complexity index is 673. The molecule has 2 amide bonds. The first kappa shape index (κ1) is 22.5. The predicted octanol–water partition coefficient (Wildman–Crippen LogP) is 0.867. The van der Waals surface area contributed by atoms with Crippen molar-refractivity contribution in [3.05, 3.63) is 24.3 Å². The number of amides is 2. The molecule has 0 aliphatic carbocycles. The van der Waals surface area contributed by atoms with Crippen molar-refractivity contribution < 1.29 is 14.3 Å². The van der Waals surface area contributed by atoms with Gasteiger partial charge in [-0.2, -0.15) is 0 Å². The molecule has 9 nitrogen and oxygen atoms in total. The van der Waals surface area contributed by atoms with Crippen LogP contribution in [-0.2, 0) is 14.3 Å². The van der Waals surface area contributed by atoms with Gasteiger partial charge in [-0.1, -0.05) is 13.3 Å². The number of carbonyl (C=O) groups excluding carboxylic acids is 2. The number of hydrogen-bond donors (Lipinski definition) is 5. The molecule has 0 bridgehead atoms. The van der Waals surface area contributed by atoms with Gasteiger partial charge in [-0.15, -0.1) is 0 Å². The van der Waals surface area contributed by atoms with Crippen LogP contribution in [0.1, 0.15) is 26.2 Å². The molecule has 0 radical (unpaired) electrons. The van der Waals surface area contributed by atoms with Crippen molar-refractivity contribution in [2.24, 2.45) is 11.7 Å². The molecule has 1 saturated heterocycles. The number of unbranched alkanes of at least 4 members (excludes halogenated alkanes) is 1. The molecular weight excluding hydrogens is 372 g/mol. The fraction of sp³-hybridized carbons (Fsp3) is 0.550. The molecule has 29 heavy (non-hydrogen) atoms. The highest BCUT2D eigenvalue weighted by Crippen LogP contribution is 2.19. The van der Waals surface area contributed by atoms with Gasteiger partial charge in [0.2, 0.25) is 11.8 Å². The fourth-order valence-electron chi connectivity index (χ4n) is 3.05. The molecule has 1 atom stereocenters. The zero-order valence-corrected chi connectivity index (χ0v) is 17.0. The highest BCUT2D eigenvalue weighted by atomic mass is 16.5. The van der Waals surface area contributed by atoms with Gasteiger partial charge in [0.15, 0.2) is 5.96 Å². The summed E-state index contributed by atoms with van der Waals surface area (Å²) in [5.41, 5.74) is 7.02. The van der Waals surface area contributed by atoms with Gasteiger partial charge in [0.1, 0.15) is 0 Å². The zero-order valence-electron chi connectivity index (χ0n) is 17.0. The van der Waals surface area contributed by atoms with Gasteiger partial charge in [0.25, 0.3) is 0 Å². The third-order valence-electron chi connectivity index (χ3n) is 4.78. The van der Waals surface area contributed by atoms with Crippen LogP contribution in [0.2, 0.25) is 0 Å². The summed E-state index contributed by atoms with van der Waals surface area (Å²) in [6.07, 6.45) is 2.39. The van der Waals surface area contributed by atoms with Gasteiger partial charge in [0, 0.05) is 36.9 Å². The first-order valence-electron chi connectivity index (χ1n) is 10.0. The second kappa shape index (κ2) is 11.9. The number of ether oxygens (including phenoxy) is 1. The summed E-state index contributed by atoms with van der Waals surface area (Å²) in [7, 11) is 0. The lowest BCUT2D eigenvalue weighted by Gasteiger charge is -2.28. The monoisotopic (exact) mass is 404 g/mol. The van der Waals surface area contributed by atoms with Crippen LogP contribution < -0.4 is 26.6 Å². The van der Waals surface area contributed by atoms with E-state index in [-0.39, 0.29) is 30.2 Å². The van der Waals surface area contributed by atoms with Crippen LogP contribution in [0.25, 0.3) is 0 Å². The van der Waals surface area contributed by atoms with Crippen LogP contribution in [-0.4, -0.2) is 57.2 Å². The van der Waals surface area contributed by atoms with Crippen molar-refractivity contribution in [1.29, 1.82) is 5.41 Å². The van der Waals surface area contributed by atoms with E-state index in [1.165, 1.54) is 0 Å².